The normalized spacial score (nSPS) is 32.4. The van der Waals surface area contributed by atoms with Gasteiger partial charge in [0.2, 0.25) is 0 Å². The van der Waals surface area contributed by atoms with Gasteiger partial charge in [-0.3, -0.25) is 0 Å². The van der Waals surface area contributed by atoms with Crippen LogP contribution in [-0.4, -0.2) is 27.2 Å². The van der Waals surface area contributed by atoms with Gasteiger partial charge in [0.05, 0.1) is 5.60 Å². The maximum atomic E-state index is 9.90. The molecular formula is C9H16O3. The molecule has 0 spiro atoms. The predicted molar refractivity (Wildman–Crippen MR) is 45.3 cm³/mol. The fourth-order valence-corrected chi connectivity index (χ4v) is 1.51. The average molecular weight is 172 g/mol. The summed E-state index contributed by atoms with van der Waals surface area (Å²) in [4.78, 5) is 0. The fraction of sp³-hybridized carbons (Fsp3) is 0.778. The van der Waals surface area contributed by atoms with Crippen LogP contribution in [0.2, 0.25) is 0 Å². The van der Waals surface area contributed by atoms with Gasteiger partial charge < -0.3 is 15.3 Å². The molecule has 3 N–H and O–H groups in total. The van der Waals surface area contributed by atoms with Crippen LogP contribution in [0.25, 0.3) is 0 Å². The molecule has 0 fully saturated rings. The molecule has 1 rings (SSSR count). The van der Waals surface area contributed by atoms with E-state index >= 15 is 0 Å². The standard InChI is InChI=1S/C9H16O3/c1-7(8(10)11)9(12)5-3-2-4-6-9/h3,5,7-8,10-12H,2,4,6H2,1H3. The quantitative estimate of drug-likeness (QED) is 0.417. The van der Waals surface area contributed by atoms with Crippen molar-refractivity contribution in [2.45, 2.75) is 38.1 Å². The van der Waals surface area contributed by atoms with Gasteiger partial charge in [-0.2, -0.15) is 0 Å². The third-order valence-electron chi connectivity index (χ3n) is 2.59. The van der Waals surface area contributed by atoms with E-state index in [-0.39, 0.29) is 0 Å². The highest BCUT2D eigenvalue weighted by Gasteiger charge is 2.35. The average Bonchev–Trinajstić information content (AvgIpc) is 2.04. The van der Waals surface area contributed by atoms with Gasteiger partial charge in [0.15, 0.2) is 6.29 Å². The smallest absolute Gasteiger partial charge is 0.157 e. The summed E-state index contributed by atoms with van der Waals surface area (Å²) in [5.74, 6) is -0.519. The Hall–Kier alpha value is -0.380. The number of aliphatic hydroxyl groups is 3. The Labute approximate surface area is 72.3 Å². The number of allylic oxidation sites excluding steroid dienone is 1. The molecule has 0 aliphatic heterocycles. The second-order valence-electron chi connectivity index (χ2n) is 3.49. The van der Waals surface area contributed by atoms with Crippen molar-refractivity contribution in [3.8, 4) is 0 Å². The first-order valence-corrected chi connectivity index (χ1v) is 4.32. The zero-order valence-electron chi connectivity index (χ0n) is 7.27. The van der Waals surface area contributed by atoms with Gasteiger partial charge in [-0.05, 0) is 19.3 Å². The number of rotatable bonds is 2. The van der Waals surface area contributed by atoms with E-state index in [0.717, 1.165) is 12.8 Å². The SMILES string of the molecule is CC(C(O)O)C1(O)C=CCCC1. The maximum Gasteiger partial charge on any atom is 0.157 e. The molecule has 70 valence electrons. The molecule has 3 nitrogen and oxygen atoms in total. The lowest BCUT2D eigenvalue weighted by Gasteiger charge is -2.34. The van der Waals surface area contributed by atoms with Gasteiger partial charge in [-0.1, -0.05) is 19.1 Å². The minimum Gasteiger partial charge on any atom is -0.385 e. The molecule has 2 atom stereocenters. The fourth-order valence-electron chi connectivity index (χ4n) is 1.51. The molecule has 0 saturated heterocycles. The van der Waals surface area contributed by atoms with Gasteiger partial charge >= 0.3 is 0 Å². The van der Waals surface area contributed by atoms with Crippen molar-refractivity contribution < 1.29 is 15.3 Å². The van der Waals surface area contributed by atoms with E-state index in [0.29, 0.717) is 6.42 Å². The summed E-state index contributed by atoms with van der Waals surface area (Å²) in [5, 5.41) is 27.7. The molecule has 12 heavy (non-hydrogen) atoms. The number of aliphatic hydroxyl groups excluding tert-OH is 1. The molecule has 0 radical (unpaired) electrons. The van der Waals surface area contributed by atoms with Crippen molar-refractivity contribution in [1.29, 1.82) is 0 Å². The summed E-state index contributed by atoms with van der Waals surface area (Å²) >= 11 is 0. The lowest BCUT2D eigenvalue weighted by Crippen LogP contribution is -2.41. The molecule has 0 amide bonds. The van der Waals surface area contributed by atoms with Crippen LogP contribution in [0.1, 0.15) is 26.2 Å². The van der Waals surface area contributed by atoms with E-state index in [1.165, 1.54) is 0 Å². The second kappa shape index (κ2) is 3.56. The van der Waals surface area contributed by atoms with E-state index in [2.05, 4.69) is 0 Å². The van der Waals surface area contributed by atoms with Crippen LogP contribution < -0.4 is 0 Å². The van der Waals surface area contributed by atoms with Gasteiger partial charge in [0, 0.05) is 5.92 Å². The summed E-state index contributed by atoms with van der Waals surface area (Å²) in [6.07, 6.45) is 4.61. The Morgan fingerprint density at radius 1 is 1.42 bits per heavy atom. The van der Waals surface area contributed by atoms with E-state index < -0.39 is 17.8 Å². The van der Waals surface area contributed by atoms with Crippen molar-refractivity contribution in [3.05, 3.63) is 12.2 Å². The molecule has 0 saturated carbocycles. The predicted octanol–water partition coefficient (Wildman–Crippen LogP) is 0.404. The van der Waals surface area contributed by atoms with Gasteiger partial charge in [0.25, 0.3) is 0 Å². The zero-order valence-corrected chi connectivity index (χ0v) is 7.27. The van der Waals surface area contributed by atoms with Crippen LogP contribution in [0.3, 0.4) is 0 Å². The van der Waals surface area contributed by atoms with E-state index in [1.54, 1.807) is 13.0 Å². The van der Waals surface area contributed by atoms with Gasteiger partial charge in [-0.15, -0.1) is 0 Å². The molecular weight excluding hydrogens is 156 g/mol. The van der Waals surface area contributed by atoms with E-state index in [9.17, 15) is 5.11 Å². The van der Waals surface area contributed by atoms with Crippen LogP contribution >= 0.6 is 0 Å². The van der Waals surface area contributed by atoms with E-state index in [4.69, 9.17) is 10.2 Å². The Morgan fingerprint density at radius 3 is 2.50 bits per heavy atom. The summed E-state index contributed by atoms with van der Waals surface area (Å²) in [6.45, 7) is 1.64. The highest BCUT2D eigenvalue weighted by atomic mass is 16.5. The summed E-state index contributed by atoms with van der Waals surface area (Å²) in [7, 11) is 0. The van der Waals surface area contributed by atoms with Gasteiger partial charge in [0.1, 0.15) is 0 Å². The van der Waals surface area contributed by atoms with Gasteiger partial charge in [-0.25, -0.2) is 0 Å². The molecule has 0 aromatic heterocycles. The molecule has 2 unspecified atom stereocenters. The first-order chi connectivity index (χ1) is 5.56. The third-order valence-corrected chi connectivity index (χ3v) is 2.59. The number of hydrogen-bond donors (Lipinski definition) is 3. The molecule has 1 aliphatic rings. The maximum absolute atomic E-state index is 9.90. The van der Waals surface area contributed by atoms with Crippen molar-refractivity contribution >= 4 is 0 Å². The van der Waals surface area contributed by atoms with Crippen LogP contribution in [0.5, 0.6) is 0 Å². The van der Waals surface area contributed by atoms with Crippen molar-refractivity contribution in [3.63, 3.8) is 0 Å². The first-order valence-electron chi connectivity index (χ1n) is 4.32. The Balaban J connectivity index is 2.69. The highest BCUT2D eigenvalue weighted by Crippen LogP contribution is 2.30. The molecule has 0 aromatic carbocycles. The molecule has 1 aliphatic carbocycles. The molecule has 0 bridgehead atoms. The topological polar surface area (TPSA) is 60.7 Å². The minimum atomic E-state index is -1.45. The lowest BCUT2D eigenvalue weighted by molar-refractivity contribution is -0.137. The molecule has 3 heteroatoms. The van der Waals surface area contributed by atoms with E-state index in [1.807, 2.05) is 6.08 Å². The molecule has 0 aromatic rings. The zero-order chi connectivity index (χ0) is 9.19. The van der Waals surface area contributed by atoms with Crippen LogP contribution in [-0.2, 0) is 0 Å². The summed E-state index contributed by atoms with van der Waals surface area (Å²) in [6, 6.07) is 0. The Morgan fingerprint density at radius 2 is 2.08 bits per heavy atom. The lowest BCUT2D eigenvalue weighted by atomic mass is 9.80. The van der Waals surface area contributed by atoms with Crippen LogP contribution in [0.15, 0.2) is 12.2 Å². The molecule has 0 heterocycles. The Kier molecular flexibility index (Phi) is 2.88. The first kappa shape index (κ1) is 9.71. The van der Waals surface area contributed by atoms with Crippen molar-refractivity contribution in [2.75, 3.05) is 0 Å². The van der Waals surface area contributed by atoms with Crippen molar-refractivity contribution in [2.24, 2.45) is 5.92 Å². The monoisotopic (exact) mass is 172 g/mol. The van der Waals surface area contributed by atoms with Crippen LogP contribution in [0.4, 0.5) is 0 Å². The number of hydrogen-bond acceptors (Lipinski definition) is 3. The summed E-state index contributed by atoms with van der Waals surface area (Å²) < 4.78 is 0. The van der Waals surface area contributed by atoms with Crippen molar-refractivity contribution in [1.82, 2.24) is 0 Å². The highest BCUT2D eigenvalue weighted by molar-refractivity contribution is 5.07. The largest absolute Gasteiger partial charge is 0.385 e. The summed E-state index contributed by atoms with van der Waals surface area (Å²) in [5.41, 5.74) is -1.02. The van der Waals surface area contributed by atoms with Crippen LogP contribution in [0, 0.1) is 5.92 Å². The third kappa shape index (κ3) is 1.86. The minimum absolute atomic E-state index is 0.519. The second-order valence-corrected chi connectivity index (χ2v) is 3.49. The Bertz CT molecular complexity index is 177.